The Morgan fingerprint density at radius 3 is 2.29 bits per heavy atom. The van der Waals surface area contributed by atoms with Gasteiger partial charge in [0.15, 0.2) is 4.34 Å². The molecular weight excluding hydrogens is 679 g/mol. The van der Waals surface area contributed by atoms with Crippen LogP contribution in [0, 0.1) is 13.8 Å². The summed E-state index contributed by atoms with van der Waals surface area (Å²) in [5.41, 5.74) is 5.37. The molecule has 1 aliphatic heterocycles. The summed E-state index contributed by atoms with van der Waals surface area (Å²) in [5.74, 6) is 0.469. The third-order valence-corrected chi connectivity index (χ3v) is 10.6. The van der Waals surface area contributed by atoms with Gasteiger partial charge < -0.3 is 14.6 Å². The number of para-hydroxylation sites is 1. The second-order valence-corrected chi connectivity index (χ2v) is 14.2. The van der Waals surface area contributed by atoms with Crippen molar-refractivity contribution < 1.29 is 24.2 Å². The van der Waals surface area contributed by atoms with Crippen molar-refractivity contribution in [2.45, 2.75) is 36.6 Å². The lowest BCUT2D eigenvalue weighted by molar-refractivity contribution is -0.132. The molecule has 0 saturated carbocycles. The monoisotopic (exact) mass is 711 g/mol. The molecule has 1 amide bonds. The minimum absolute atomic E-state index is 0.0606. The standard InChI is InChI=1S/C41H33N3O5S2/c1-26-15-17-28(18-16-26)25-50-41-43-42-40(51-41)44-36(30-11-8-14-34(23-30)49-33-12-4-3-5-13-33)35(38(46)39(44)47)37(45)29-19-21-32(22-20-29)48-24-31-10-7-6-9-27(31)2/h3-23,36,45H,24-25H2,1-2H3. The van der Waals surface area contributed by atoms with E-state index in [4.69, 9.17) is 9.47 Å². The number of hydrogen-bond acceptors (Lipinski definition) is 9. The second kappa shape index (κ2) is 15.0. The van der Waals surface area contributed by atoms with Crippen LogP contribution in [0.25, 0.3) is 5.76 Å². The Balaban J connectivity index is 1.22. The normalized spacial score (nSPS) is 15.3. The van der Waals surface area contributed by atoms with Crippen LogP contribution < -0.4 is 14.4 Å². The predicted molar refractivity (Wildman–Crippen MR) is 200 cm³/mol. The van der Waals surface area contributed by atoms with E-state index in [9.17, 15) is 14.7 Å². The molecule has 1 unspecified atom stereocenters. The minimum atomic E-state index is -0.996. The van der Waals surface area contributed by atoms with Gasteiger partial charge >= 0.3 is 5.91 Å². The van der Waals surface area contributed by atoms with Gasteiger partial charge in [0.25, 0.3) is 5.78 Å². The van der Waals surface area contributed by atoms with Gasteiger partial charge in [0.05, 0.1) is 11.6 Å². The summed E-state index contributed by atoms with van der Waals surface area (Å²) in [6.07, 6.45) is 0. The fraction of sp³-hybridized carbons (Fsp3) is 0.122. The van der Waals surface area contributed by atoms with E-state index >= 15 is 0 Å². The number of hydrogen-bond donors (Lipinski definition) is 1. The molecule has 0 aliphatic carbocycles. The molecule has 0 spiro atoms. The summed E-state index contributed by atoms with van der Waals surface area (Å²) in [5, 5.41) is 20.7. The smallest absolute Gasteiger partial charge is 0.301 e. The van der Waals surface area contributed by atoms with Crippen molar-refractivity contribution >= 4 is 45.7 Å². The lowest BCUT2D eigenvalue weighted by Gasteiger charge is -2.23. The van der Waals surface area contributed by atoms with Crippen molar-refractivity contribution in [1.82, 2.24) is 10.2 Å². The predicted octanol–water partition coefficient (Wildman–Crippen LogP) is 9.44. The molecule has 6 aromatic rings. The number of ketones is 1. The number of anilines is 1. The highest BCUT2D eigenvalue weighted by Gasteiger charge is 2.48. The number of aromatic nitrogens is 2. The molecule has 5 aromatic carbocycles. The molecule has 1 fully saturated rings. The molecule has 1 aliphatic rings. The number of aryl methyl sites for hydroxylation is 2. The van der Waals surface area contributed by atoms with E-state index in [-0.39, 0.29) is 16.5 Å². The van der Waals surface area contributed by atoms with Gasteiger partial charge in [-0.25, -0.2) is 0 Å². The van der Waals surface area contributed by atoms with Crippen molar-refractivity contribution in [1.29, 1.82) is 0 Å². The molecule has 51 heavy (non-hydrogen) atoms. The molecule has 10 heteroatoms. The minimum Gasteiger partial charge on any atom is -0.507 e. The zero-order valence-corrected chi connectivity index (χ0v) is 29.5. The first-order valence-corrected chi connectivity index (χ1v) is 18.1. The number of Topliss-reactive ketones (excluding diaryl/α,β-unsaturated/α-hetero) is 1. The van der Waals surface area contributed by atoms with Crippen LogP contribution in [0.2, 0.25) is 0 Å². The molecule has 2 heterocycles. The summed E-state index contributed by atoms with van der Waals surface area (Å²) < 4.78 is 12.7. The van der Waals surface area contributed by atoms with Crippen LogP contribution in [0.15, 0.2) is 137 Å². The van der Waals surface area contributed by atoms with Crippen LogP contribution in [-0.2, 0) is 21.9 Å². The summed E-state index contributed by atoms with van der Waals surface area (Å²) in [4.78, 5) is 29.0. The van der Waals surface area contributed by atoms with Crippen LogP contribution in [0.1, 0.15) is 39.4 Å². The summed E-state index contributed by atoms with van der Waals surface area (Å²) in [7, 11) is 0. The van der Waals surface area contributed by atoms with E-state index in [1.165, 1.54) is 33.6 Å². The van der Waals surface area contributed by atoms with Gasteiger partial charge in [0.2, 0.25) is 5.13 Å². The molecule has 1 atom stereocenters. The largest absolute Gasteiger partial charge is 0.507 e. The fourth-order valence-electron chi connectivity index (χ4n) is 5.70. The van der Waals surface area contributed by atoms with Crippen LogP contribution in [-0.4, -0.2) is 27.0 Å². The van der Waals surface area contributed by atoms with Gasteiger partial charge in [-0.15, -0.1) is 10.2 Å². The Labute approximate surface area is 304 Å². The van der Waals surface area contributed by atoms with Gasteiger partial charge in [0.1, 0.15) is 29.6 Å². The number of rotatable bonds is 11. The van der Waals surface area contributed by atoms with Crippen molar-refractivity contribution in [3.63, 3.8) is 0 Å². The zero-order valence-electron chi connectivity index (χ0n) is 27.9. The average molecular weight is 712 g/mol. The van der Waals surface area contributed by atoms with E-state index in [0.717, 1.165) is 16.7 Å². The Morgan fingerprint density at radius 2 is 1.53 bits per heavy atom. The lowest BCUT2D eigenvalue weighted by Crippen LogP contribution is -2.29. The maximum atomic E-state index is 13.9. The Bertz CT molecular complexity index is 2220. The number of carbonyl (C=O) groups is 2. The fourth-order valence-corrected chi connectivity index (χ4v) is 7.53. The number of thioether (sulfide) groups is 1. The van der Waals surface area contributed by atoms with Crippen LogP contribution in [0.3, 0.4) is 0 Å². The number of carbonyl (C=O) groups excluding carboxylic acids is 2. The van der Waals surface area contributed by atoms with Gasteiger partial charge in [-0.1, -0.05) is 108 Å². The second-order valence-electron chi connectivity index (χ2n) is 12.0. The number of ether oxygens (including phenoxy) is 2. The lowest BCUT2D eigenvalue weighted by atomic mass is 9.95. The summed E-state index contributed by atoms with van der Waals surface area (Å²) in [6.45, 7) is 4.46. The topological polar surface area (TPSA) is 102 Å². The highest BCUT2D eigenvalue weighted by Crippen LogP contribution is 2.45. The molecule has 254 valence electrons. The van der Waals surface area contributed by atoms with Gasteiger partial charge in [-0.05, 0) is 84.6 Å². The van der Waals surface area contributed by atoms with E-state index < -0.39 is 17.7 Å². The van der Waals surface area contributed by atoms with Crippen molar-refractivity contribution in [2.75, 3.05) is 4.90 Å². The van der Waals surface area contributed by atoms with E-state index in [1.54, 1.807) is 48.5 Å². The van der Waals surface area contributed by atoms with Crippen LogP contribution in [0.4, 0.5) is 5.13 Å². The molecule has 0 bridgehead atoms. The Kier molecular flexibility index (Phi) is 9.96. The van der Waals surface area contributed by atoms with E-state index in [2.05, 4.69) is 34.5 Å². The highest BCUT2D eigenvalue weighted by atomic mass is 32.2. The third kappa shape index (κ3) is 7.57. The van der Waals surface area contributed by atoms with Crippen LogP contribution in [0.5, 0.6) is 17.2 Å². The van der Waals surface area contributed by atoms with Gasteiger partial charge in [0, 0.05) is 11.3 Å². The van der Waals surface area contributed by atoms with Gasteiger partial charge in [-0.2, -0.15) is 0 Å². The number of aliphatic hydroxyl groups is 1. The maximum absolute atomic E-state index is 13.9. The molecule has 7 rings (SSSR count). The van der Waals surface area contributed by atoms with Crippen LogP contribution >= 0.6 is 23.1 Å². The maximum Gasteiger partial charge on any atom is 0.301 e. The first kappa shape index (κ1) is 33.8. The quantitative estimate of drug-likeness (QED) is 0.0467. The number of benzene rings is 5. The Hall–Kier alpha value is -5.71. The van der Waals surface area contributed by atoms with Crippen molar-refractivity contribution in [2.24, 2.45) is 0 Å². The Morgan fingerprint density at radius 1 is 0.804 bits per heavy atom. The summed E-state index contributed by atoms with van der Waals surface area (Å²) in [6, 6.07) is 38.5. The molecule has 8 nitrogen and oxygen atoms in total. The van der Waals surface area contributed by atoms with Crippen molar-refractivity contribution in [3.8, 4) is 17.2 Å². The first-order valence-electron chi connectivity index (χ1n) is 16.3. The average Bonchev–Trinajstić information content (AvgIpc) is 3.73. The molecule has 1 N–H and O–H groups in total. The van der Waals surface area contributed by atoms with E-state index in [1.807, 2.05) is 68.4 Å². The SMILES string of the molecule is Cc1ccc(CSc2nnc(N3C(=O)C(=O)C(=C(O)c4ccc(OCc5ccccc5C)cc4)C3c3cccc(Oc4ccccc4)c3)s2)cc1. The third-order valence-electron chi connectivity index (χ3n) is 8.47. The molecular formula is C41H33N3O5S2. The first-order chi connectivity index (χ1) is 24.8. The number of nitrogens with zero attached hydrogens (tertiary/aromatic N) is 3. The zero-order chi connectivity index (χ0) is 35.3. The van der Waals surface area contributed by atoms with Gasteiger partial charge in [-0.3, -0.25) is 14.5 Å². The van der Waals surface area contributed by atoms with Crippen molar-refractivity contribution in [3.05, 3.63) is 166 Å². The molecule has 0 radical (unpaired) electrons. The van der Waals surface area contributed by atoms with E-state index in [0.29, 0.717) is 45.1 Å². The number of amides is 1. The number of aliphatic hydroxyl groups excluding tert-OH is 1. The molecule has 1 saturated heterocycles. The highest BCUT2D eigenvalue weighted by molar-refractivity contribution is 8.00. The summed E-state index contributed by atoms with van der Waals surface area (Å²) >= 11 is 2.72. The molecule has 1 aromatic heterocycles.